The zero-order valence-electron chi connectivity index (χ0n) is 12.6. The Kier molecular flexibility index (Phi) is 8.77. The summed E-state index contributed by atoms with van der Waals surface area (Å²) in [6.07, 6.45) is 4.93. The number of rotatable bonds is 9. The van der Waals surface area contributed by atoms with Crippen LogP contribution >= 0.6 is 0 Å². The number of aliphatic carboxylic acids is 1. The number of carboxylic acids is 1. The maximum atomic E-state index is 11.7. The largest absolute Gasteiger partial charge is 0.480 e. The average molecular weight is 302 g/mol. The third kappa shape index (κ3) is 7.29. The second-order valence-corrected chi connectivity index (χ2v) is 5.22. The fourth-order valence-corrected chi connectivity index (χ4v) is 2.52. The minimum atomic E-state index is -0.964. The van der Waals surface area contributed by atoms with E-state index in [0.29, 0.717) is 26.4 Å². The molecule has 1 atom stereocenters. The molecule has 7 nitrogen and oxygen atoms in total. The molecule has 0 aromatic rings. The maximum absolute atomic E-state index is 11.7. The predicted octanol–water partition coefficient (Wildman–Crippen LogP) is 0.982. The van der Waals surface area contributed by atoms with E-state index in [4.69, 9.17) is 9.47 Å². The summed E-state index contributed by atoms with van der Waals surface area (Å²) in [6.45, 7) is 1.69. The highest BCUT2D eigenvalue weighted by atomic mass is 16.5. The number of methoxy groups -OCH3 is 1. The Bertz CT molecular complexity index is 318. The molecule has 0 radical (unpaired) electrons. The molecule has 1 aliphatic carbocycles. The third-order valence-electron chi connectivity index (χ3n) is 3.64. The van der Waals surface area contributed by atoms with Gasteiger partial charge in [-0.15, -0.1) is 0 Å². The summed E-state index contributed by atoms with van der Waals surface area (Å²) in [6, 6.07) is -1.26. The van der Waals surface area contributed by atoms with E-state index in [1.807, 2.05) is 0 Å². The van der Waals surface area contributed by atoms with Gasteiger partial charge in [0.05, 0.1) is 19.8 Å². The van der Waals surface area contributed by atoms with Gasteiger partial charge in [0.1, 0.15) is 6.04 Å². The molecule has 1 fully saturated rings. The van der Waals surface area contributed by atoms with Crippen LogP contribution in [0.4, 0.5) is 4.79 Å². The van der Waals surface area contributed by atoms with Crippen LogP contribution in [0.1, 0.15) is 32.1 Å². The van der Waals surface area contributed by atoms with Gasteiger partial charge in [-0.2, -0.15) is 0 Å². The van der Waals surface area contributed by atoms with Crippen molar-refractivity contribution in [3.05, 3.63) is 0 Å². The molecule has 0 bridgehead atoms. The first-order valence-corrected chi connectivity index (χ1v) is 7.49. The number of amides is 2. The number of carbonyl (C=O) groups is 2. The van der Waals surface area contributed by atoms with Gasteiger partial charge in [-0.05, 0) is 18.8 Å². The summed E-state index contributed by atoms with van der Waals surface area (Å²) in [4.78, 5) is 23.0. The number of nitrogens with one attached hydrogen (secondary N) is 2. The Balaban J connectivity index is 2.24. The second kappa shape index (κ2) is 10.4. The van der Waals surface area contributed by atoms with E-state index in [1.54, 1.807) is 7.11 Å². The molecule has 0 aliphatic heterocycles. The van der Waals surface area contributed by atoms with Crippen molar-refractivity contribution < 1.29 is 24.2 Å². The molecule has 7 heteroatoms. The molecule has 3 N–H and O–H groups in total. The van der Waals surface area contributed by atoms with E-state index in [9.17, 15) is 14.7 Å². The van der Waals surface area contributed by atoms with Crippen LogP contribution < -0.4 is 10.6 Å². The van der Waals surface area contributed by atoms with Gasteiger partial charge in [-0.1, -0.05) is 19.3 Å². The number of carboxylic acid groups (broad SMARTS) is 1. The van der Waals surface area contributed by atoms with Crippen LogP contribution in [0, 0.1) is 5.92 Å². The minimum Gasteiger partial charge on any atom is -0.480 e. The summed E-state index contributed by atoms with van der Waals surface area (Å²) in [5.74, 6) is -0.937. The molecule has 1 unspecified atom stereocenters. The van der Waals surface area contributed by atoms with Crippen molar-refractivity contribution in [2.75, 3.05) is 33.5 Å². The van der Waals surface area contributed by atoms with Gasteiger partial charge in [-0.3, -0.25) is 0 Å². The van der Waals surface area contributed by atoms with Crippen molar-refractivity contribution in [1.82, 2.24) is 10.6 Å². The van der Waals surface area contributed by atoms with E-state index < -0.39 is 18.0 Å². The normalized spacial score (nSPS) is 17.2. The van der Waals surface area contributed by atoms with Gasteiger partial charge in [0.25, 0.3) is 0 Å². The highest BCUT2D eigenvalue weighted by Gasteiger charge is 2.30. The van der Waals surface area contributed by atoms with Gasteiger partial charge in [-0.25, -0.2) is 9.59 Å². The summed E-state index contributed by atoms with van der Waals surface area (Å²) in [5.41, 5.74) is 0. The summed E-state index contributed by atoms with van der Waals surface area (Å²) in [7, 11) is 1.59. The zero-order chi connectivity index (χ0) is 15.5. The Hall–Kier alpha value is -1.34. The Morgan fingerprint density at radius 3 is 2.52 bits per heavy atom. The molecule has 0 spiro atoms. The summed E-state index contributed by atoms with van der Waals surface area (Å²) >= 11 is 0. The molecular formula is C14H26N2O5. The number of urea groups is 1. The fraction of sp³-hybridized carbons (Fsp3) is 0.857. The van der Waals surface area contributed by atoms with Crippen molar-refractivity contribution in [1.29, 1.82) is 0 Å². The molecule has 122 valence electrons. The summed E-state index contributed by atoms with van der Waals surface area (Å²) < 4.78 is 10.0. The van der Waals surface area contributed by atoms with Gasteiger partial charge < -0.3 is 25.2 Å². The molecule has 0 aromatic carbocycles. The molecule has 1 saturated carbocycles. The van der Waals surface area contributed by atoms with Crippen LogP contribution in [-0.4, -0.2) is 56.6 Å². The number of hydrogen-bond acceptors (Lipinski definition) is 4. The molecule has 0 heterocycles. The standard InChI is InChI=1S/C14H26N2O5/c1-20-9-10-21-8-7-15-14(19)16-12(13(17)18)11-5-3-2-4-6-11/h11-12H,2-10H2,1H3,(H,17,18)(H2,15,16,19). The topological polar surface area (TPSA) is 96.9 Å². The van der Waals surface area contributed by atoms with Gasteiger partial charge in [0.2, 0.25) is 0 Å². The Morgan fingerprint density at radius 2 is 1.90 bits per heavy atom. The van der Waals surface area contributed by atoms with E-state index in [1.165, 1.54) is 0 Å². The Morgan fingerprint density at radius 1 is 1.19 bits per heavy atom. The number of ether oxygens (including phenoxy) is 2. The lowest BCUT2D eigenvalue weighted by Gasteiger charge is -2.28. The van der Waals surface area contributed by atoms with E-state index in [2.05, 4.69) is 10.6 Å². The second-order valence-electron chi connectivity index (χ2n) is 5.22. The zero-order valence-corrected chi connectivity index (χ0v) is 12.6. The number of hydrogen-bond donors (Lipinski definition) is 3. The van der Waals surface area contributed by atoms with Crippen molar-refractivity contribution >= 4 is 12.0 Å². The minimum absolute atomic E-state index is 0.0277. The van der Waals surface area contributed by atoms with Gasteiger partial charge >= 0.3 is 12.0 Å². The van der Waals surface area contributed by atoms with E-state index >= 15 is 0 Å². The molecule has 1 rings (SSSR count). The molecule has 2 amide bonds. The average Bonchev–Trinajstić information content (AvgIpc) is 2.49. The SMILES string of the molecule is COCCOCCNC(=O)NC(C(=O)O)C1CCCCC1. The highest BCUT2D eigenvalue weighted by molar-refractivity contribution is 5.82. The van der Waals surface area contributed by atoms with Crippen LogP contribution in [0.25, 0.3) is 0 Å². The van der Waals surface area contributed by atoms with E-state index in [0.717, 1.165) is 32.1 Å². The third-order valence-corrected chi connectivity index (χ3v) is 3.64. The predicted molar refractivity (Wildman–Crippen MR) is 77.2 cm³/mol. The van der Waals surface area contributed by atoms with Gasteiger partial charge in [0.15, 0.2) is 0 Å². The van der Waals surface area contributed by atoms with Crippen LogP contribution in [-0.2, 0) is 14.3 Å². The quantitative estimate of drug-likeness (QED) is 0.552. The number of carbonyl (C=O) groups excluding carboxylic acids is 1. The lowest BCUT2D eigenvalue weighted by atomic mass is 9.84. The molecular weight excluding hydrogens is 276 g/mol. The van der Waals surface area contributed by atoms with Crippen LogP contribution in [0.3, 0.4) is 0 Å². The van der Waals surface area contributed by atoms with E-state index in [-0.39, 0.29) is 5.92 Å². The Labute approximate surface area is 125 Å². The van der Waals surface area contributed by atoms with Crippen molar-refractivity contribution in [2.24, 2.45) is 5.92 Å². The summed E-state index contributed by atoms with van der Waals surface area (Å²) in [5, 5.41) is 14.4. The lowest BCUT2D eigenvalue weighted by molar-refractivity contribution is -0.141. The van der Waals surface area contributed by atoms with Crippen LogP contribution in [0.2, 0.25) is 0 Å². The first kappa shape index (κ1) is 17.7. The smallest absolute Gasteiger partial charge is 0.326 e. The fourth-order valence-electron chi connectivity index (χ4n) is 2.52. The van der Waals surface area contributed by atoms with Crippen LogP contribution in [0.5, 0.6) is 0 Å². The first-order chi connectivity index (χ1) is 10.1. The van der Waals surface area contributed by atoms with Gasteiger partial charge in [0, 0.05) is 13.7 Å². The van der Waals surface area contributed by atoms with Crippen molar-refractivity contribution in [3.63, 3.8) is 0 Å². The lowest BCUT2D eigenvalue weighted by Crippen LogP contribution is -2.50. The van der Waals surface area contributed by atoms with Crippen molar-refractivity contribution in [2.45, 2.75) is 38.1 Å². The molecule has 0 saturated heterocycles. The maximum Gasteiger partial charge on any atom is 0.326 e. The van der Waals surface area contributed by atoms with Crippen LogP contribution in [0.15, 0.2) is 0 Å². The molecule has 1 aliphatic rings. The monoisotopic (exact) mass is 302 g/mol. The van der Waals surface area contributed by atoms with Crippen molar-refractivity contribution in [3.8, 4) is 0 Å². The first-order valence-electron chi connectivity index (χ1n) is 7.49. The molecule has 21 heavy (non-hydrogen) atoms. The molecule has 0 aromatic heterocycles. The highest BCUT2D eigenvalue weighted by Crippen LogP contribution is 2.26.